The van der Waals surface area contributed by atoms with Crippen LogP contribution in [0.2, 0.25) is 5.02 Å². The molecule has 0 fully saturated rings. The SMILES string of the molecule is CCN(C(=O)OS)C(C)c1nc(-c2ccc(OC)cc2)c(-c2ccc(Cl)cc2)[nH]1. The van der Waals surface area contributed by atoms with Crippen molar-refractivity contribution in [3.05, 3.63) is 59.4 Å². The van der Waals surface area contributed by atoms with Crippen LogP contribution in [-0.4, -0.2) is 34.6 Å². The lowest BCUT2D eigenvalue weighted by Crippen LogP contribution is -2.33. The molecule has 2 aromatic carbocycles. The molecule has 0 bridgehead atoms. The van der Waals surface area contributed by atoms with Crippen molar-refractivity contribution in [3.63, 3.8) is 0 Å². The first-order valence-electron chi connectivity index (χ1n) is 9.10. The quantitative estimate of drug-likeness (QED) is 0.384. The fraction of sp³-hybridized carbons (Fsp3) is 0.238. The number of aromatic nitrogens is 2. The summed E-state index contributed by atoms with van der Waals surface area (Å²) in [6.07, 6.45) is -0.529. The number of hydrogen-bond acceptors (Lipinski definition) is 5. The number of imidazole rings is 1. The summed E-state index contributed by atoms with van der Waals surface area (Å²) >= 11 is 9.69. The number of nitrogens with zero attached hydrogens (tertiary/aromatic N) is 2. The molecule has 8 heteroatoms. The minimum atomic E-state index is -0.529. The predicted octanol–water partition coefficient (Wildman–Crippen LogP) is 5.77. The molecule has 0 saturated carbocycles. The number of benzene rings is 2. The van der Waals surface area contributed by atoms with Gasteiger partial charge in [0.1, 0.15) is 11.6 Å². The first kappa shape index (κ1) is 21.1. The fourth-order valence-corrected chi connectivity index (χ4v) is 3.36. The molecular formula is C21H22ClN3O3S. The minimum Gasteiger partial charge on any atom is -0.497 e. The standard InChI is InChI=1S/C21H22ClN3O3S/c1-4-25(21(26)28-29)13(2)20-23-18(14-5-9-16(22)10-6-14)19(24-20)15-7-11-17(27-3)12-8-15/h5-13,29H,4H2,1-3H3,(H,23,24). The van der Waals surface area contributed by atoms with Crippen LogP contribution in [0.1, 0.15) is 25.7 Å². The molecule has 0 aliphatic heterocycles. The molecule has 1 heterocycles. The lowest BCUT2D eigenvalue weighted by atomic mass is 10.1. The van der Waals surface area contributed by atoms with Crippen molar-refractivity contribution in [2.45, 2.75) is 19.9 Å². The summed E-state index contributed by atoms with van der Waals surface area (Å²) in [5.41, 5.74) is 3.47. The van der Waals surface area contributed by atoms with Crippen LogP contribution in [-0.2, 0) is 4.18 Å². The first-order chi connectivity index (χ1) is 14.0. The monoisotopic (exact) mass is 431 g/mol. The van der Waals surface area contributed by atoms with E-state index >= 15 is 0 Å². The number of nitrogens with one attached hydrogen (secondary N) is 1. The van der Waals surface area contributed by atoms with Gasteiger partial charge in [0.15, 0.2) is 0 Å². The molecule has 3 aromatic rings. The second-order valence-electron chi connectivity index (χ2n) is 6.40. The number of H-pyrrole nitrogens is 1. The Morgan fingerprint density at radius 2 is 1.79 bits per heavy atom. The normalized spacial score (nSPS) is 11.8. The summed E-state index contributed by atoms with van der Waals surface area (Å²) in [7, 11) is 1.63. The average molecular weight is 432 g/mol. The lowest BCUT2D eigenvalue weighted by Gasteiger charge is -2.24. The van der Waals surface area contributed by atoms with Crippen molar-refractivity contribution in [3.8, 4) is 28.3 Å². The van der Waals surface area contributed by atoms with Crippen molar-refractivity contribution >= 4 is 30.6 Å². The van der Waals surface area contributed by atoms with Crippen LogP contribution in [0.25, 0.3) is 22.5 Å². The van der Waals surface area contributed by atoms with Crippen molar-refractivity contribution in [1.29, 1.82) is 0 Å². The highest BCUT2D eigenvalue weighted by atomic mass is 35.5. The Labute approximate surface area is 180 Å². The highest BCUT2D eigenvalue weighted by Crippen LogP contribution is 2.34. The summed E-state index contributed by atoms with van der Waals surface area (Å²) < 4.78 is 9.86. The lowest BCUT2D eigenvalue weighted by molar-refractivity contribution is 0.144. The van der Waals surface area contributed by atoms with E-state index in [0.717, 1.165) is 28.3 Å². The van der Waals surface area contributed by atoms with Gasteiger partial charge in [-0.25, -0.2) is 9.78 Å². The van der Waals surface area contributed by atoms with Gasteiger partial charge < -0.3 is 13.9 Å². The van der Waals surface area contributed by atoms with Crippen LogP contribution >= 0.6 is 24.5 Å². The van der Waals surface area contributed by atoms with Crippen LogP contribution in [0.15, 0.2) is 48.5 Å². The molecular weight excluding hydrogens is 410 g/mol. The number of methoxy groups -OCH3 is 1. The molecule has 0 aliphatic carbocycles. The van der Waals surface area contributed by atoms with Gasteiger partial charge in [-0.2, -0.15) is 0 Å². The van der Waals surface area contributed by atoms with Crippen molar-refractivity contribution in [2.24, 2.45) is 0 Å². The van der Waals surface area contributed by atoms with Crippen LogP contribution in [0, 0.1) is 0 Å². The number of thiol groups is 1. The van der Waals surface area contributed by atoms with Crippen LogP contribution in [0.4, 0.5) is 4.79 Å². The largest absolute Gasteiger partial charge is 0.497 e. The molecule has 1 N–H and O–H groups in total. The number of halogens is 1. The van der Waals surface area contributed by atoms with E-state index in [1.807, 2.05) is 62.4 Å². The Bertz CT molecular complexity index is 974. The van der Waals surface area contributed by atoms with Gasteiger partial charge in [0.25, 0.3) is 0 Å². The maximum absolute atomic E-state index is 12.1. The third-order valence-electron chi connectivity index (χ3n) is 4.74. The molecule has 152 valence electrons. The van der Waals surface area contributed by atoms with Gasteiger partial charge in [0.2, 0.25) is 0 Å². The molecule has 29 heavy (non-hydrogen) atoms. The number of aromatic amines is 1. The third kappa shape index (κ3) is 4.52. The van der Waals surface area contributed by atoms with E-state index in [2.05, 4.69) is 22.1 Å². The van der Waals surface area contributed by atoms with E-state index in [9.17, 15) is 4.79 Å². The van der Waals surface area contributed by atoms with Gasteiger partial charge >= 0.3 is 6.09 Å². The summed E-state index contributed by atoms with van der Waals surface area (Å²) in [5.74, 6) is 1.40. The number of amides is 1. The second-order valence-corrected chi connectivity index (χ2v) is 7.02. The summed E-state index contributed by atoms with van der Waals surface area (Å²) in [6.45, 7) is 4.21. The second kappa shape index (κ2) is 9.24. The highest BCUT2D eigenvalue weighted by molar-refractivity contribution is 7.75. The number of rotatable bonds is 6. The Balaban J connectivity index is 2.09. The van der Waals surface area contributed by atoms with Crippen LogP contribution in [0.3, 0.4) is 0 Å². The molecule has 6 nitrogen and oxygen atoms in total. The molecule has 1 amide bonds. The topological polar surface area (TPSA) is 67.5 Å². The number of ether oxygens (including phenoxy) is 1. The first-order valence-corrected chi connectivity index (χ1v) is 9.85. The van der Waals surface area contributed by atoms with Gasteiger partial charge in [-0.05, 0) is 50.2 Å². The van der Waals surface area contributed by atoms with Crippen LogP contribution in [0.5, 0.6) is 5.75 Å². The van der Waals surface area contributed by atoms with Gasteiger partial charge in [0, 0.05) is 35.6 Å². The summed E-state index contributed by atoms with van der Waals surface area (Å²) in [5, 5.41) is 0.654. The van der Waals surface area contributed by atoms with Crippen LogP contribution < -0.4 is 4.74 Å². The molecule has 0 radical (unpaired) electrons. The Morgan fingerprint density at radius 1 is 1.17 bits per heavy atom. The average Bonchev–Trinajstić information content (AvgIpc) is 3.20. The molecule has 0 aliphatic rings. The number of carbonyl (C=O) groups is 1. The van der Waals surface area contributed by atoms with E-state index in [0.29, 0.717) is 17.4 Å². The smallest absolute Gasteiger partial charge is 0.422 e. The summed E-state index contributed by atoms with van der Waals surface area (Å²) in [4.78, 5) is 21.8. The van der Waals surface area contributed by atoms with Crippen molar-refractivity contribution < 1.29 is 13.7 Å². The Morgan fingerprint density at radius 3 is 2.34 bits per heavy atom. The Kier molecular flexibility index (Phi) is 6.71. The van der Waals surface area contributed by atoms with Gasteiger partial charge in [-0.15, -0.1) is 0 Å². The molecule has 1 aromatic heterocycles. The van der Waals surface area contributed by atoms with Gasteiger partial charge in [0.05, 0.1) is 24.5 Å². The predicted molar refractivity (Wildman–Crippen MR) is 117 cm³/mol. The highest BCUT2D eigenvalue weighted by Gasteiger charge is 2.25. The maximum Gasteiger partial charge on any atom is 0.422 e. The number of carbonyl (C=O) groups excluding carboxylic acids is 1. The Hall–Kier alpha value is -2.64. The van der Waals surface area contributed by atoms with Crippen molar-refractivity contribution in [1.82, 2.24) is 14.9 Å². The molecule has 0 spiro atoms. The van der Waals surface area contributed by atoms with E-state index < -0.39 is 6.09 Å². The zero-order chi connectivity index (χ0) is 21.0. The zero-order valence-corrected chi connectivity index (χ0v) is 18.0. The molecule has 1 unspecified atom stereocenters. The van der Waals surface area contributed by atoms with Crippen molar-refractivity contribution in [2.75, 3.05) is 13.7 Å². The minimum absolute atomic E-state index is 0.335. The van der Waals surface area contributed by atoms with E-state index in [1.165, 1.54) is 4.90 Å². The third-order valence-corrected chi connectivity index (χ3v) is 5.14. The van der Waals surface area contributed by atoms with Gasteiger partial charge in [-0.3, -0.25) is 4.90 Å². The maximum atomic E-state index is 12.1. The molecule has 1 atom stereocenters. The molecule has 3 rings (SSSR count). The number of hydrogen-bond donors (Lipinski definition) is 2. The zero-order valence-electron chi connectivity index (χ0n) is 16.3. The summed E-state index contributed by atoms with van der Waals surface area (Å²) in [6, 6.07) is 14.8. The molecule has 0 saturated heterocycles. The van der Waals surface area contributed by atoms with E-state index in [1.54, 1.807) is 7.11 Å². The van der Waals surface area contributed by atoms with Gasteiger partial charge in [-0.1, -0.05) is 23.7 Å². The fourth-order valence-electron chi connectivity index (χ4n) is 3.13. The van der Waals surface area contributed by atoms with E-state index in [-0.39, 0.29) is 6.04 Å². The van der Waals surface area contributed by atoms with E-state index in [4.69, 9.17) is 21.3 Å².